The van der Waals surface area contributed by atoms with Crippen molar-refractivity contribution in [2.24, 2.45) is 0 Å². The topological polar surface area (TPSA) is 15.3 Å². The number of rotatable bonds is 5. The predicted octanol–water partition coefficient (Wildman–Crippen LogP) is 3.22. The molecule has 1 fully saturated rings. The number of piperidine rings is 1. The highest BCUT2D eigenvalue weighted by Crippen LogP contribution is 2.25. The fourth-order valence-electron chi connectivity index (χ4n) is 2.91. The summed E-state index contributed by atoms with van der Waals surface area (Å²) in [5.74, 6) is 0. The van der Waals surface area contributed by atoms with Gasteiger partial charge in [0, 0.05) is 24.8 Å². The standard InChI is InChI=1S/C16H26N2/c1-3-7-14-8-5-6-9-16(14)18-12-10-15(11-13-18)17-4-2/h5-6,8-9,15,17H,3-4,7,10-13H2,1-2H3. The first-order valence-corrected chi connectivity index (χ1v) is 7.41. The molecule has 2 heteroatoms. The van der Waals surface area contributed by atoms with Crippen LogP contribution in [0.2, 0.25) is 0 Å². The first-order chi connectivity index (χ1) is 8.85. The van der Waals surface area contributed by atoms with Crippen LogP contribution in [0.4, 0.5) is 5.69 Å². The first-order valence-electron chi connectivity index (χ1n) is 7.41. The lowest BCUT2D eigenvalue weighted by molar-refractivity contribution is 0.423. The van der Waals surface area contributed by atoms with E-state index in [1.54, 1.807) is 0 Å². The van der Waals surface area contributed by atoms with E-state index in [0.717, 1.165) is 12.6 Å². The molecule has 1 heterocycles. The lowest BCUT2D eigenvalue weighted by Crippen LogP contribution is -2.42. The quantitative estimate of drug-likeness (QED) is 0.858. The maximum absolute atomic E-state index is 3.57. The molecule has 1 N–H and O–H groups in total. The van der Waals surface area contributed by atoms with E-state index in [1.807, 2.05) is 0 Å². The fraction of sp³-hybridized carbons (Fsp3) is 0.625. The molecule has 0 aliphatic carbocycles. The highest BCUT2D eigenvalue weighted by molar-refractivity contribution is 5.54. The van der Waals surface area contributed by atoms with Gasteiger partial charge in [0.2, 0.25) is 0 Å². The highest BCUT2D eigenvalue weighted by Gasteiger charge is 2.19. The molecule has 0 bridgehead atoms. The number of nitrogens with one attached hydrogen (secondary N) is 1. The van der Waals surface area contributed by atoms with Crippen LogP contribution in [-0.2, 0) is 6.42 Å². The molecule has 100 valence electrons. The first kappa shape index (κ1) is 13.4. The van der Waals surface area contributed by atoms with Crippen LogP contribution in [0.3, 0.4) is 0 Å². The normalized spacial score (nSPS) is 17.1. The van der Waals surface area contributed by atoms with Crippen LogP contribution < -0.4 is 10.2 Å². The van der Waals surface area contributed by atoms with E-state index >= 15 is 0 Å². The van der Waals surface area contributed by atoms with Gasteiger partial charge in [0.15, 0.2) is 0 Å². The summed E-state index contributed by atoms with van der Waals surface area (Å²) in [6, 6.07) is 9.64. The number of hydrogen-bond donors (Lipinski definition) is 1. The molecule has 0 unspecified atom stereocenters. The Morgan fingerprint density at radius 3 is 2.56 bits per heavy atom. The number of aryl methyl sites for hydroxylation is 1. The number of anilines is 1. The summed E-state index contributed by atoms with van der Waals surface area (Å²) in [5.41, 5.74) is 2.98. The van der Waals surface area contributed by atoms with Gasteiger partial charge in [0.05, 0.1) is 0 Å². The molecule has 1 aliphatic rings. The number of benzene rings is 1. The Balaban J connectivity index is 2.00. The second-order valence-electron chi connectivity index (χ2n) is 5.20. The zero-order chi connectivity index (χ0) is 12.8. The van der Waals surface area contributed by atoms with E-state index < -0.39 is 0 Å². The van der Waals surface area contributed by atoms with E-state index in [1.165, 1.54) is 50.0 Å². The summed E-state index contributed by atoms with van der Waals surface area (Å²) >= 11 is 0. The van der Waals surface area contributed by atoms with E-state index in [2.05, 4.69) is 48.3 Å². The Labute approximate surface area is 111 Å². The third-order valence-corrected chi connectivity index (χ3v) is 3.84. The summed E-state index contributed by atoms with van der Waals surface area (Å²) in [4.78, 5) is 2.57. The molecule has 2 nitrogen and oxygen atoms in total. The van der Waals surface area contributed by atoms with Crippen molar-refractivity contribution < 1.29 is 0 Å². The summed E-state index contributed by atoms with van der Waals surface area (Å²) in [7, 11) is 0. The Morgan fingerprint density at radius 1 is 1.17 bits per heavy atom. The molecule has 1 aromatic carbocycles. The maximum Gasteiger partial charge on any atom is 0.0398 e. The third kappa shape index (κ3) is 3.26. The molecule has 18 heavy (non-hydrogen) atoms. The smallest absolute Gasteiger partial charge is 0.0398 e. The Morgan fingerprint density at radius 2 is 1.89 bits per heavy atom. The molecular formula is C16H26N2. The molecule has 1 aromatic rings. The van der Waals surface area contributed by atoms with Gasteiger partial charge in [-0.15, -0.1) is 0 Å². The summed E-state index contributed by atoms with van der Waals surface area (Å²) in [5, 5.41) is 3.57. The Bertz CT molecular complexity index is 354. The Hall–Kier alpha value is -1.02. The van der Waals surface area contributed by atoms with Gasteiger partial charge in [0.1, 0.15) is 0 Å². The minimum absolute atomic E-state index is 0.726. The molecule has 0 aromatic heterocycles. The van der Waals surface area contributed by atoms with Gasteiger partial charge in [-0.3, -0.25) is 0 Å². The van der Waals surface area contributed by atoms with Crippen LogP contribution in [-0.4, -0.2) is 25.7 Å². The summed E-state index contributed by atoms with van der Waals surface area (Å²) < 4.78 is 0. The minimum atomic E-state index is 0.726. The molecule has 0 atom stereocenters. The SMILES string of the molecule is CCCc1ccccc1N1CCC(NCC)CC1. The van der Waals surface area contributed by atoms with Gasteiger partial charge < -0.3 is 10.2 Å². The fourth-order valence-corrected chi connectivity index (χ4v) is 2.91. The van der Waals surface area contributed by atoms with Crippen LogP contribution in [0.5, 0.6) is 0 Å². The van der Waals surface area contributed by atoms with E-state index in [4.69, 9.17) is 0 Å². The average Bonchev–Trinajstić information content (AvgIpc) is 2.41. The second kappa shape index (κ2) is 6.79. The van der Waals surface area contributed by atoms with Crippen LogP contribution in [0.15, 0.2) is 24.3 Å². The zero-order valence-corrected chi connectivity index (χ0v) is 11.8. The van der Waals surface area contributed by atoms with Crippen molar-refractivity contribution in [2.45, 2.75) is 45.6 Å². The molecule has 0 amide bonds. The monoisotopic (exact) mass is 246 g/mol. The van der Waals surface area contributed by atoms with Crippen molar-refractivity contribution in [1.29, 1.82) is 0 Å². The number of hydrogen-bond acceptors (Lipinski definition) is 2. The van der Waals surface area contributed by atoms with Crippen LogP contribution in [0.1, 0.15) is 38.7 Å². The van der Waals surface area contributed by atoms with Crippen molar-refractivity contribution in [3.05, 3.63) is 29.8 Å². The number of para-hydroxylation sites is 1. The van der Waals surface area contributed by atoms with Crippen LogP contribution in [0, 0.1) is 0 Å². The molecule has 1 aliphatic heterocycles. The molecule has 0 spiro atoms. The van der Waals surface area contributed by atoms with Gasteiger partial charge in [-0.05, 0) is 37.4 Å². The van der Waals surface area contributed by atoms with Crippen molar-refractivity contribution in [3.8, 4) is 0 Å². The van der Waals surface area contributed by atoms with E-state index in [-0.39, 0.29) is 0 Å². The number of nitrogens with zero attached hydrogens (tertiary/aromatic N) is 1. The van der Waals surface area contributed by atoms with E-state index in [9.17, 15) is 0 Å². The Kier molecular flexibility index (Phi) is 5.06. The molecule has 2 rings (SSSR count). The van der Waals surface area contributed by atoms with Crippen molar-refractivity contribution in [1.82, 2.24) is 5.32 Å². The molecule has 0 radical (unpaired) electrons. The average molecular weight is 246 g/mol. The highest BCUT2D eigenvalue weighted by atomic mass is 15.1. The third-order valence-electron chi connectivity index (χ3n) is 3.84. The summed E-state index contributed by atoms with van der Waals surface area (Å²) in [6.07, 6.45) is 4.97. The van der Waals surface area contributed by atoms with Gasteiger partial charge in [-0.25, -0.2) is 0 Å². The lowest BCUT2D eigenvalue weighted by atomic mass is 10.0. The minimum Gasteiger partial charge on any atom is -0.371 e. The van der Waals surface area contributed by atoms with Gasteiger partial charge in [-0.1, -0.05) is 38.5 Å². The summed E-state index contributed by atoms with van der Waals surface area (Å²) in [6.45, 7) is 7.94. The lowest BCUT2D eigenvalue weighted by Gasteiger charge is -2.35. The molecule has 1 saturated heterocycles. The second-order valence-corrected chi connectivity index (χ2v) is 5.20. The van der Waals surface area contributed by atoms with Gasteiger partial charge in [-0.2, -0.15) is 0 Å². The van der Waals surface area contributed by atoms with Gasteiger partial charge >= 0.3 is 0 Å². The van der Waals surface area contributed by atoms with Crippen LogP contribution >= 0.6 is 0 Å². The van der Waals surface area contributed by atoms with Crippen molar-refractivity contribution >= 4 is 5.69 Å². The maximum atomic E-state index is 3.57. The molecular weight excluding hydrogens is 220 g/mol. The van der Waals surface area contributed by atoms with Gasteiger partial charge in [0.25, 0.3) is 0 Å². The molecule has 0 saturated carbocycles. The largest absolute Gasteiger partial charge is 0.371 e. The van der Waals surface area contributed by atoms with E-state index in [0.29, 0.717) is 0 Å². The van der Waals surface area contributed by atoms with Crippen molar-refractivity contribution in [2.75, 3.05) is 24.5 Å². The zero-order valence-electron chi connectivity index (χ0n) is 11.8. The predicted molar refractivity (Wildman–Crippen MR) is 79.3 cm³/mol. The van der Waals surface area contributed by atoms with Crippen molar-refractivity contribution in [3.63, 3.8) is 0 Å². The van der Waals surface area contributed by atoms with Crippen LogP contribution in [0.25, 0.3) is 0 Å².